The molecule has 0 aromatic heterocycles. The molecule has 0 bridgehead atoms. The van der Waals surface area contributed by atoms with E-state index in [2.05, 4.69) is 37.7 Å². The molecule has 2 N–H and O–H groups in total. The minimum Gasteiger partial charge on any atom is -0.314 e. The van der Waals surface area contributed by atoms with Gasteiger partial charge in [-0.3, -0.25) is 9.80 Å². The molecule has 0 aromatic rings. The van der Waals surface area contributed by atoms with Gasteiger partial charge in [0.05, 0.1) is 6.17 Å². The Morgan fingerprint density at radius 1 is 1.42 bits per heavy atom. The van der Waals surface area contributed by atoms with Gasteiger partial charge in [0, 0.05) is 18.6 Å². The van der Waals surface area contributed by atoms with Crippen LogP contribution in [0.2, 0.25) is 0 Å². The maximum absolute atomic E-state index is 6.14. The van der Waals surface area contributed by atoms with Gasteiger partial charge in [-0.1, -0.05) is 6.92 Å². The SMILES string of the molecule is CCC1(C)C(N)N(C)CCN1C. The molecule has 1 saturated heterocycles. The summed E-state index contributed by atoms with van der Waals surface area (Å²) in [7, 11) is 4.27. The molecule has 1 fully saturated rings. The summed E-state index contributed by atoms with van der Waals surface area (Å²) in [5, 5.41) is 0. The molecule has 2 unspecified atom stereocenters. The smallest absolute Gasteiger partial charge is 0.0756 e. The van der Waals surface area contributed by atoms with E-state index in [-0.39, 0.29) is 11.7 Å². The van der Waals surface area contributed by atoms with Crippen molar-refractivity contribution in [2.45, 2.75) is 32.0 Å². The fourth-order valence-corrected chi connectivity index (χ4v) is 1.88. The molecule has 0 radical (unpaired) electrons. The fourth-order valence-electron chi connectivity index (χ4n) is 1.88. The van der Waals surface area contributed by atoms with Gasteiger partial charge in [-0.05, 0) is 27.4 Å². The highest BCUT2D eigenvalue weighted by Gasteiger charge is 2.39. The number of nitrogens with zero attached hydrogens (tertiary/aromatic N) is 2. The Labute approximate surface area is 75.5 Å². The van der Waals surface area contributed by atoms with Gasteiger partial charge in [0.15, 0.2) is 0 Å². The molecule has 1 aliphatic rings. The van der Waals surface area contributed by atoms with E-state index in [1.807, 2.05) is 0 Å². The summed E-state index contributed by atoms with van der Waals surface area (Å²) >= 11 is 0. The van der Waals surface area contributed by atoms with Gasteiger partial charge in [-0.2, -0.15) is 0 Å². The normalized spacial score (nSPS) is 40.2. The average Bonchev–Trinajstić information content (AvgIpc) is 2.08. The van der Waals surface area contributed by atoms with Crippen molar-refractivity contribution < 1.29 is 0 Å². The quantitative estimate of drug-likeness (QED) is 0.616. The van der Waals surface area contributed by atoms with Crippen molar-refractivity contribution in [3.05, 3.63) is 0 Å². The van der Waals surface area contributed by atoms with E-state index in [0.29, 0.717) is 0 Å². The van der Waals surface area contributed by atoms with Crippen molar-refractivity contribution in [3.8, 4) is 0 Å². The predicted octanol–water partition coefficient (Wildman–Crippen LogP) is 0.317. The average molecular weight is 171 g/mol. The standard InChI is InChI=1S/C9H21N3/c1-5-9(2)8(10)11(3)6-7-12(9)4/h8H,5-7,10H2,1-4H3. The lowest BCUT2D eigenvalue weighted by atomic mass is 9.90. The van der Waals surface area contributed by atoms with Crippen LogP contribution in [0.4, 0.5) is 0 Å². The van der Waals surface area contributed by atoms with Gasteiger partial charge >= 0.3 is 0 Å². The second-order valence-electron chi connectivity index (χ2n) is 4.06. The molecule has 72 valence electrons. The van der Waals surface area contributed by atoms with Gasteiger partial charge < -0.3 is 5.73 Å². The Morgan fingerprint density at radius 3 is 2.42 bits per heavy atom. The van der Waals surface area contributed by atoms with Crippen LogP contribution in [-0.4, -0.2) is 48.7 Å². The van der Waals surface area contributed by atoms with Gasteiger partial charge in [0.1, 0.15) is 0 Å². The maximum atomic E-state index is 6.14. The zero-order valence-corrected chi connectivity index (χ0v) is 8.67. The summed E-state index contributed by atoms with van der Waals surface area (Å²) < 4.78 is 0. The molecule has 3 nitrogen and oxygen atoms in total. The van der Waals surface area contributed by atoms with Crippen LogP contribution in [-0.2, 0) is 0 Å². The number of likely N-dealkylation sites (N-methyl/N-ethyl adjacent to an activating group) is 2. The minimum absolute atomic E-state index is 0.146. The summed E-state index contributed by atoms with van der Waals surface area (Å²) in [5.41, 5.74) is 6.29. The molecule has 2 atom stereocenters. The van der Waals surface area contributed by atoms with Crippen LogP contribution in [0.25, 0.3) is 0 Å². The summed E-state index contributed by atoms with van der Waals surface area (Å²) in [4.78, 5) is 4.61. The lowest BCUT2D eigenvalue weighted by Gasteiger charge is -2.50. The monoisotopic (exact) mass is 171 g/mol. The van der Waals surface area contributed by atoms with E-state index in [0.717, 1.165) is 19.5 Å². The maximum Gasteiger partial charge on any atom is 0.0756 e. The number of hydrogen-bond acceptors (Lipinski definition) is 3. The Bertz CT molecular complexity index is 160. The summed E-state index contributed by atoms with van der Waals surface area (Å²) in [5.74, 6) is 0. The first-order chi connectivity index (χ1) is 5.52. The van der Waals surface area contributed by atoms with Gasteiger partial charge in [0.2, 0.25) is 0 Å². The van der Waals surface area contributed by atoms with Gasteiger partial charge in [-0.15, -0.1) is 0 Å². The van der Waals surface area contributed by atoms with Crippen molar-refractivity contribution in [1.82, 2.24) is 9.80 Å². The number of rotatable bonds is 1. The molecule has 3 heteroatoms. The molecule has 0 spiro atoms. The Kier molecular flexibility index (Phi) is 2.76. The topological polar surface area (TPSA) is 32.5 Å². The number of piperazine rings is 1. The minimum atomic E-state index is 0.146. The van der Waals surface area contributed by atoms with Crippen molar-refractivity contribution in [1.29, 1.82) is 0 Å². The zero-order chi connectivity index (χ0) is 9.35. The largest absolute Gasteiger partial charge is 0.314 e. The molecule has 1 aliphatic heterocycles. The van der Waals surface area contributed by atoms with Crippen molar-refractivity contribution in [2.75, 3.05) is 27.2 Å². The first kappa shape index (κ1) is 9.96. The summed E-state index contributed by atoms with van der Waals surface area (Å²) in [6, 6.07) is 0. The Morgan fingerprint density at radius 2 is 2.00 bits per heavy atom. The van der Waals surface area contributed by atoms with Gasteiger partial charge in [0.25, 0.3) is 0 Å². The highest BCUT2D eigenvalue weighted by atomic mass is 15.3. The van der Waals surface area contributed by atoms with E-state index in [1.54, 1.807) is 0 Å². The molecular formula is C9H21N3. The van der Waals surface area contributed by atoms with E-state index in [1.165, 1.54) is 0 Å². The van der Waals surface area contributed by atoms with Crippen LogP contribution in [0, 0.1) is 0 Å². The number of hydrogen-bond donors (Lipinski definition) is 1. The Hall–Kier alpha value is -0.120. The fraction of sp³-hybridized carbons (Fsp3) is 1.00. The van der Waals surface area contributed by atoms with Crippen LogP contribution in [0.5, 0.6) is 0 Å². The highest BCUT2D eigenvalue weighted by molar-refractivity contribution is 4.96. The van der Waals surface area contributed by atoms with Crippen molar-refractivity contribution >= 4 is 0 Å². The third kappa shape index (κ3) is 1.37. The van der Waals surface area contributed by atoms with E-state index in [9.17, 15) is 0 Å². The van der Waals surface area contributed by atoms with Gasteiger partial charge in [-0.25, -0.2) is 0 Å². The second-order valence-corrected chi connectivity index (χ2v) is 4.06. The molecule has 0 saturated carbocycles. The van der Waals surface area contributed by atoms with Crippen LogP contribution in [0.1, 0.15) is 20.3 Å². The lowest BCUT2D eigenvalue weighted by molar-refractivity contribution is -0.0159. The summed E-state index contributed by atoms with van der Waals surface area (Å²) in [6.07, 6.45) is 1.27. The van der Waals surface area contributed by atoms with Crippen LogP contribution in [0.15, 0.2) is 0 Å². The second kappa shape index (κ2) is 3.32. The molecule has 1 heterocycles. The van der Waals surface area contributed by atoms with E-state index >= 15 is 0 Å². The summed E-state index contributed by atoms with van der Waals surface area (Å²) in [6.45, 7) is 6.64. The highest BCUT2D eigenvalue weighted by Crippen LogP contribution is 2.25. The molecule has 12 heavy (non-hydrogen) atoms. The third-order valence-electron chi connectivity index (χ3n) is 3.49. The van der Waals surface area contributed by atoms with Crippen molar-refractivity contribution in [2.24, 2.45) is 5.73 Å². The first-order valence-corrected chi connectivity index (χ1v) is 4.69. The first-order valence-electron chi connectivity index (χ1n) is 4.69. The lowest BCUT2D eigenvalue weighted by Crippen LogP contribution is -2.67. The predicted molar refractivity (Wildman–Crippen MR) is 51.9 cm³/mol. The van der Waals surface area contributed by atoms with Crippen LogP contribution < -0.4 is 5.73 Å². The molecule has 1 rings (SSSR count). The molecule has 0 aromatic carbocycles. The third-order valence-corrected chi connectivity index (χ3v) is 3.49. The van der Waals surface area contributed by atoms with Crippen LogP contribution >= 0.6 is 0 Å². The zero-order valence-electron chi connectivity index (χ0n) is 8.67. The van der Waals surface area contributed by atoms with E-state index < -0.39 is 0 Å². The van der Waals surface area contributed by atoms with Crippen molar-refractivity contribution in [3.63, 3.8) is 0 Å². The number of nitrogens with two attached hydrogens (primary N) is 1. The Balaban J connectivity index is 2.78. The van der Waals surface area contributed by atoms with E-state index in [4.69, 9.17) is 5.73 Å². The molecule has 0 aliphatic carbocycles. The molecule has 0 amide bonds. The molecular weight excluding hydrogens is 150 g/mol. The van der Waals surface area contributed by atoms with Crippen LogP contribution in [0.3, 0.4) is 0 Å².